The normalized spacial score (nSPS) is 10.8. The molecule has 0 bridgehead atoms. The first-order valence-electron chi connectivity index (χ1n) is 6.52. The number of hydrogen-bond donors (Lipinski definition) is 4. The highest BCUT2D eigenvalue weighted by atomic mass is 35.5. The minimum Gasteiger partial charge on any atom is -0.463 e. The number of hydrogen-bond acceptors (Lipinski definition) is 4. The molecule has 0 unspecified atom stereocenters. The first kappa shape index (κ1) is 17.2. The lowest BCUT2D eigenvalue weighted by Crippen LogP contribution is -2.47. The van der Waals surface area contributed by atoms with Gasteiger partial charge in [0.1, 0.15) is 11.5 Å². The van der Waals surface area contributed by atoms with Gasteiger partial charge in [-0.25, -0.2) is 0 Å². The summed E-state index contributed by atoms with van der Waals surface area (Å²) in [6, 6.07) is 10.8. The van der Waals surface area contributed by atoms with Crippen molar-refractivity contribution >= 4 is 57.7 Å². The highest BCUT2D eigenvalue weighted by molar-refractivity contribution is 7.80. The zero-order chi connectivity index (χ0) is 16.7. The van der Waals surface area contributed by atoms with E-state index in [1.165, 1.54) is 0 Å². The highest BCUT2D eigenvalue weighted by Gasteiger charge is 2.03. The molecule has 1 aromatic carbocycles. The van der Waals surface area contributed by atoms with Crippen molar-refractivity contribution in [2.45, 2.75) is 6.92 Å². The third-order valence-electron chi connectivity index (χ3n) is 2.61. The van der Waals surface area contributed by atoms with E-state index in [0.29, 0.717) is 27.3 Å². The van der Waals surface area contributed by atoms with Crippen LogP contribution in [-0.4, -0.2) is 15.9 Å². The Hall–Kier alpha value is -2.16. The van der Waals surface area contributed by atoms with Crippen molar-refractivity contribution in [2.24, 2.45) is 5.10 Å². The van der Waals surface area contributed by atoms with Crippen LogP contribution in [0, 0.1) is 0 Å². The van der Waals surface area contributed by atoms with Gasteiger partial charge < -0.3 is 9.73 Å². The second-order valence-corrected chi connectivity index (χ2v) is 5.52. The molecule has 6 nitrogen and oxygen atoms in total. The largest absolute Gasteiger partial charge is 0.463 e. The zero-order valence-electron chi connectivity index (χ0n) is 12.1. The van der Waals surface area contributed by atoms with Crippen LogP contribution in [0.1, 0.15) is 12.7 Å². The lowest BCUT2D eigenvalue weighted by molar-refractivity contribution is 0.556. The second kappa shape index (κ2) is 8.47. The van der Waals surface area contributed by atoms with E-state index in [4.69, 9.17) is 40.5 Å². The van der Waals surface area contributed by atoms with Crippen molar-refractivity contribution in [3.05, 3.63) is 53.4 Å². The summed E-state index contributed by atoms with van der Waals surface area (Å²) < 4.78 is 5.21. The van der Waals surface area contributed by atoms with Gasteiger partial charge in [-0.3, -0.25) is 16.3 Å². The van der Waals surface area contributed by atoms with Gasteiger partial charge in [0.2, 0.25) is 5.11 Å². The number of benzene rings is 1. The van der Waals surface area contributed by atoms with Crippen molar-refractivity contribution in [1.29, 1.82) is 0 Å². The lowest BCUT2D eigenvalue weighted by atomic mass is 10.3. The van der Waals surface area contributed by atoms with E-state index in [-0.39, 0.29) is 5.11 Å². The van der Waals surface area contributed by atoms with E-state index < -0.39 is 0 Å². The average Bonchev–Trinajstić information content (AvgIpc) is 3.07. The van der Waals surface area contributed by atoms with Gasteiger partial charge >= 0.3 is 0 Å². The Bertz CT molecular complexity index is 718. The van der Waals surface area contributed by atoms with Gasteiger partial charge in [0.05, 0.1) is 17.0 Å². The molecule has 120 valence electrons. The molecular weight excluding hydrogens is 354 g/mol. The summed E-state index contributed by atoms with van der Waals surface area (Å²) in [4.78, 5) is 0. The minimum atomic E-state index is 0.249. The Labute approximate surface area is 149 Å². The first-order valence-corrected chi connectivity index (χ1v) is 7.71. The van der Waals surface area contributed by atoms with E-state index in [2.05, 4.69) is 26.7 Å². The van der Waals surface area contributed by atoms with Gasteiger partial charge in [0.25, 0.3) is 0 Å². The van der Waals surface area contributed by atoms with Crippen molar-refractivity contribution in [3.8, 4) is 0 Å². The molecule has 0 aliphatic rings. The van der Waals surface area contributed by atoms with Crippen molar-refractivity contribution in [1.82, 2.24) is 16.3 Å². The summed E-state index contributed by atoms with van der Waals surface area (Å²) in [5.74, 6) is 0.657. The maximum absolute atomic E-state index is 6.03. The Balaban J connectivity index is 1.77. The molecule has 23 heavy (non-hydrogen) atoms. The molecule has 0 aliphatic carbocycles. The number of halogens is 1. The molecule has 0 spiro atoms. The summed E-state index contributed by atoms with van der Waals surface area (Å²) in [5, 5.41) is 8.16. The molecule has 1 heterocycles. The lowest BCUT2D eigenvalue weighted by Gasteiger charge is -2.13. The van der Waals surface area contributed by atoms with Gasteiger partial charge in [-0.15, -0.1) is 0 Å². The topological polar surface area (TPSA) is 73.6 Å². The van der Waals surface area contributed by atoms with Crippen LogP contribution >= 0.6 is 36.0 Å². The van der Waals surface area contributed by atoms with Crippen LogP contribution in [0.5, 0.6) is 0 Å². The Morgan fingerprint density at radius 1 is 1.09 bits per heavy atom. The number of hydrazine groups is 1. The molecule has 0 aliphatic heterocycles. The monoisotopic (exact) mass is 367 g/mol. The molecular formula is C14H14ClN5OS2. The molecule has 0 atom stereocenters. The summed E-state index contributed by atoms with van der Waals surface area (Å²) in [6.45, 7) is 1.80. The van der Waals surface area contributed by atoms with E-state index in [0.717, 1.165) is 0 Å². The number of para-hydroxylation sites is 1. The van der Waals surface area contributed by atoms with Crippen LogP contribution in [-0.2, 0) is 0 Å². The van der Waals surface area contributed by atoms with Crippen LogP contribution < -0.4 is 21.6 Å². The Kier molecular flexibility index (Phi) is 6.33. The third kappa shape index (κ3) is 5.51. The molecule has 2 aromatic rings. The van der Waals surface area contributed by atoms with Crippen LogP contribution in [0.15, 0.2) is 52.2 Å². The van der Waals surface area contributed by atoms with Gasteiger partial charge in [-0.05, 0) is 55.6 Å². The smallest absolute Gasteiger partial charge is 0.205 e. The van der Waals surface area contributed by atoms with Crippen LogP contribution in [0.3, 0.4) is 0 Å². The zero-order valence-corrected chi connectivity index (χ0v) is 14.5. The molecule has 0 saturated carbocycles. The molecule has 4 N–H and O–H groups in total. The van der Waals surface area contributed by atoms with Gasteiger partial charge in [0.15, 0.2) is 5.11 Å². The number of nitrogens with one attached hydrogen (secondary N) is 4. The van der Waals surface area contributed by atoms with E-state index in [9.17, 15) is 0 Å². The number of anilines is 1. The number of rotatable bonds is 3. The quantitative estimate of drug-likeness (QED) is 0.377. The predicted molar refractivity (Wildman–Crippen MR) is 101 cm³/mol. The first-order chi connectivity index (χ1) is 11.1. The van der Waals surface area contributed by atoms with E-state index >= 15 is 0 Å². The maximum Gasteiger partial charge on any atom is 0.205 e. The second-order valence-electron chi connectivity index (χ2n) is 4.30. The Morgan fingerprint density at radius 2 is 1.83 bits per heavy atom. The van der Waals surface area contributed by atoms with Crippen LogP contribution in [0.25, 0.3) is 0 Å². The van der Waals surface area contributed by atoms with Gasteiger partial charge in [0, 0.05) is 0 Å². The van der Waals surface area contributed by atoms with Gasteiger partial charge in [-0.1, -0.05) is 23.7 Å². The fraction of sp³-hybridized carbons (Fsp3) is 0.0714. The maximum atomic E-state index is 6.03. The van der Waals surface area contributed by atoms with E-state index in [1.54, 1.807) is 31.4 Å². The standard InChI is InChI=1S/C14H14ClN5OS2/c1-9(12-7-4-8-21-12)17-19-14(23)20-18-13(22)16-11-6-3-2-5-10(11)15/h2-8H,1H3,(H2,16,18,22)(H2,19,20,23)/b17-9-. The molecule has 0 amide bonds. The van der Waals surface area contributed by atoms with E-state index in [1.807, 2.05) is 18.2 Å². The molecule has 2 rings (SSSR count). The van der Waals surface area contributed by atoms with Crippen molar-refractivity contribution in [3.63, 3.8) is 0 Å². The highest BCUT2D eigenvalue weighted by Crippen LogP contribution is 2.19. The Morgan fingerprint density at radius 3 is 2.52 bits per heavy atom. The average molecular weight is 368 g/mol. The van der Waals surface area contributed by atoms with Gasteiger partial charge in [-0.2, -0.15) is 5.10 Å². The fourth-order valence-electron chi connectivity index (χ4n) is 1.53. The number of furan rings is 1. The van der Waals surface area contributed by atoms with Crippen LogP contribution in [0.2, 0.25) is 5.02 Å². The molecule has 9 heteroatoms. The summed E-state index contributed by atoms with van der Waals surface area (Å²) in [6.07, 6.45) is 1.57. The SMILES string of the molecule is C/C(=N/NC(=S)NNC(=S)Nc1ccccc1Cl)c1ccco1. The molecule has 0 saturated heterocycles. The van der Waals surface area contributed by atoms with Crippen molar-refractivity contribution < 1.29 is 4.42 Å². The molecule has 0 radical (unpaired) electrons. The molecule has 1 aromatic heterocycles. The summed E-state index contributed by atoms with van der Waals surface area (Å²) in [5.41, 5.74) is 9.47. The predicted octanol–water partition coefficient (Wildman–Crippen LogP) is 3.02. The summed E-state index contributed by atoms with van der Waals surface area (Å²) >= 11 is 16.2. The fourth-order valence-corrected chi connectivity index (χ4v) is 1.97. The van der Waals surface area contributed by atoms with Crippen LogP contribution in [0.4, 0.5) is 5.69 Å². The summed E-state index contributed by atoms with van der Waals surface area (Å²) in [7, 11) is 0. The number of nitrogens with zero attached hydrogens (tertiary/aromatic N) is 1. The molecule has 0 fully saturated rings. The van der Waals surface area contributed by atoms with Crippen molar-refractivity contribution in [2.75, 3.05) is 5.32 Å². The minimum absolute atomic E-state index is 0.249. The number of hydrazone groups is 1. The third-order valence-corrected chi connectivity index (χ3v) is 3.34. The number of thiocarbonyl (C=S) groups is 2.